The number of nitrogens with one attached hydrogen (secondary N) is 3. The molecule has 5 aliphatic carbocycles. The van der Waals surface area contributed by atoms with Gasteiger partial charge in [-0.15, -0.1) is 10.2 Å². The van der Waals surface area contributed by atoms with E-state index in [2.05, 4.69) is 25.8 Å². The molecule has 3 aromatic rings. The number of aliphatic hydroxyl groups is 1. The van der Waals surface area contributed by atoms with E-state index in [-0.39, 0.29) is 23.5 Å². The van der Waals surface area contributed by atoms with Gasteiger partial charge in [0.15, 0.2) is 17.0 Å². The van der Waals surface area contributed by atoms with Crippen LogP contribution in [-0.4, -0.2) is 66.7 Å². The minimum atomic E-state index is -0.763. The molecule has 0 aromatic carbocycles. The van der Waals surface area contributed by atoms with E-state index in [4.69, 9.17) is 9.84 Å². The van der Waals surface area contributed by atoms with E-state index in [0.29, 0.717) is 29.4 Å². The molecule has 3 aromatic heterocycles. The number of hydrogen-bond donors (Lipinski definition) is 4. The number of rotatable bonds is 4. The number of H-pyrrole nitrogens is 1. The molecule has 37 heavy (non-hydrogen) atoms. The van der Waals surface area contributed by atoms with Crippen molar-refractivity contribution in [2.45, 2.75) is 87.5 Å². The number of ether oxygens (including phenoxy) is 1. The summed E-state index contributed by atoms with van der Waals surface area (Å²) in [6.07, 6.45) is 10.7. The van der Waals surface area contributed by atoms with Crippen LogP contribution in [0.4, 0.5) is 5.82 Å². The molecule has 0 radical (unpaired) electrons. The zero-order valence-electron chi connectivity index (χ0n) is 21.0. The maximum Gasteiger partial charge on any atom is 0.314 e. The van der Waals surface area contributed by atoms with E-state index < -0.39 is 17.4 Å². The highest BCUT2D eigenvalue weighted by Crippen LogP contribution is 2.61. The molecule has 5 aliphatic rings. The fraction of sp³-hybridized carbons (Fsp3) is 0.654. The van der Waals surface area contributed by atoms with E-state index >= 15 is 0 Å². The fourth-order valence-electron chi connectivity index (χ4n) is 8.18. The highest BCUT2D eigenvalue weighted by Gasteiger charge is 2.59. The third kappa shape index (κ3) is 3.73. The third-order valence-corrected chi connectivity index (χ3v) is 9.32. The average Bonchev–Trinajstić information content (AvgIpc) is 3.48. The van der Waals surface area contributed by atoms with Crippen molar-refractivity contribution in [2.75, 3.05) is 12.4 Å². The topological polar surface area (TPSA) is 147 Å². The minimum absolute atomic E-state index is 0.0500. The standard InChI is InChI=1S/C26H33N7O4/c1-37-17-4-2-16(3-5-17)28-23(34)24(35)29-22-19-20(18-6-7-27-21(18)31-30-19)33(32-22)25-9-14-8-15(10-25)12-26(36,11-14)13-25/h6-7,14-17,36H,2-5,8-13H2,1H3,(H,27,31)(H,28,34)(H,29,32,35)/t14-,15+,16?,17?,25+,26?. The number of amides is 2. The van der Waals surface area contributed by atoms with Crippen molar-refractivity contribution < 1.29 is 19.4 Å². The molecule has 0 aliphatic heterocycles. The van der Waals surface area contributed by atoms with Crippen LogP contribution in [0, 0.1) is 11.8 Å². The van der Waals surface area contributed by atoms with Gasteiger partial charge in [0.05, 0.1) is 17.2 Å². The van der Waals surface area contributed by atoms with Gasteiger partial charge in [0.25, 0.3) is 0 Å². The molecule has 0 spiro atoms. The molecule has 5 fully saturated rings. The molecule has 2 amide bonds. The molecule has 1 unspecified atom stereocenters. The number of aromatic amines is 1. The summed E-state index contributed by atoms with van der Waals surface area (Å²) in [6, 6.07) is 1.89. The predicted octanol–water partition coefficient (Wildman–Crippen LogP) is 2.36. The lowest BCUT2D eigenvalue weighted by molar-refractivity contribution is -0.158. The summed E-state index contributed by atoms with van der Waals surface area (Å²) in [7, 11) is 1.70. The van der Waals surface area contributed by atoms with Gasteiger partial charge in [0, 0.05) is 31.2 Å². The van der Waals surface area contributed by atoms with Gasteiger partial charge in [0.2, 0.25) is 0 Å². The van der Waals surface area contributed by atoms with E-state index in [0.717, 1.165) is 68.7 Å². The molecule has 196 valence electrons. The number of anilines is 1. The van der Waals surface area contributed by atoms with Gasteiger partial charge < -0.3 is 20.1 Å². The first-order valence-electron chi connectivity index (χ1n) is 13.4. The lowest BCUT2D eigenvalue weighted by atomic mass is 9.51. The van der Waals surface area contributed by atoms with Gasteiger partial charge >= 0.3 is 11.8 Å². The molecule has 11 nitrogen and oxygen atoms in total. The van der Waals surface area contributed by atoms with E-state index in [1.807, 2.05) is 16.9 Å². The molecule has 4 bridgehead atoms. The first kappa shape index (κ1) is 23.1. The molecular formula is C26H33N7O4. The molecule has 4 atom stereocenters. The molecule has 11 heteroatoms. The summed E-state index contributed by atoms with van der Waals surface area (Å²) < 4.78 is 7.39. The second kappa shape index (κ2) is 8.22. The smallest absolute Gasteiger partial charge is 0.314 e. The van der Waals surface area contributed by atoms with Gasteiger partial charge in [-0.1, -0.05) is 0 Å². The number of aromatic nitrogens is 5. The number of nitrogens with zero attached hydrogens (tertiary/aromatic N) is 4. The Morgan fingerprint density at radius 1 is 1.11 bits per heavy atom. The van der Waals surface area contributed by atoms with Gasteiger partial charge in [-0.2, -0.15) is 5.10 Å². The van der Waals surface area contributed by atoms with Crippen LogP contribution in [0.25, 0.3) is 22.1 Å². The van der Waals surface area contributed by atoms with E-state index in [1.54, 1.807) is 7.11 Å². The predicted molar refractivity (Wildman–Crippen MR) is 135 cm³/mol. The Hall–Kier alpha value is -3.05. The van der Waals surface area contributed by atoms with Gasteiger partial charge in [0.1, 0.15) is 5.52 Å². The molecular weight excluding hydrogens is 474 g/mol. The summed E-state index contributed by atoms with van der Waals surface area (Å²) in [4.78, 5) is 28.9. The first-order chi connectivity index (χ1) is 17.8. The van der Waals surface area contributed by atoms with Crippen LogP contribution < -0.4 is 10.6 Å². The summed E-state index contributed by atoms with van der Waals surface area (Å²) in [5.74, 6) is -0.293. The lowest BCUT2D eigenvalue weighted by Gasteiger charge is -2.60. The second-order valence-electron chi connectivity index (χ2n) is 11.9. The average molecular weight is 508 g/mol. The SMILES string of the molecule is COC1CCC(NC(=O)C(=O)Nc2nn([C@@]34C[C@@H]5C[C@@H](CC(O)(C5)C3)C4)c3c2nnc2[nH]ccc23)CC1. The van der Waals surface area contributed by atoms with Crippen molar-refractivity contribution in [3.05, 3.63) is 12.3 Å². The number of fused-ring (bicyclic) bond motifs is 3. The van der Waals surface area contributed by atoms with Crippen molar-refractivity contribution in [3.8, 4) is 0 Å². The molecule has 3 heterocycles. The maximum absolute atomic E-state index is 13.0. The normalized spacial score (nSPS) is 34.8. The zero-order chi connectivity index (χ0) is 25.4. The van der Waals surface area contributed by atoms with Crippen LogP contribution in [0.15, 0.2) is 12.3 Å². The Bertz CT molecular complexity index is 1370. The number of hydrogen-bond acceptors (Lipinski definition) is 7. The first-order valence-corrected chi connectivity index (χ1v) is 13.4. The van der Waals surface area contributed by atoms with Gasteiger partial charge in [-0.25, -0.2) is 0 Å². The summed E-state index contributed by atoms with van der Waals surface area (Å²) in [6.45, 7) is 0. The Morgan fingerprint density at radius 3 is 2.57 bits per heavy atom. The second-order valence-corrected chi connectivity index (χ2v) is 11.9. The van der Waals surface area contributed by atoms with Crippen LogP contribution in [0.3, 0.4) is 0 Å². The highest BCUT2D eigenvalue weighted by atomic mass is 16.5. The fourth-order valence-corrected chi connectivity index (χ4v) is 8.18. The molecule has 4 N–H and O–H groups in total. The zero-order valence-corrected chi connectivity index (χ0v) is 21.0. The summed E-state index contributed by atoms with van der Waals surface area (Å²) >= 11 is 0. The lowest BCUT2D eigenvalue weighted by Crippen LogP contribution is -2.59. The molecule has 0 saturated heterocycles. The minimum Gasteiger partial charge on any atom is -0.390 e. The summed E-state index contributed by atoms with van der Waals surface area (Å²) in [5, 5.41) is 31.4. The van der Waals surface area contributed by atoms with Crippen LogP contribution in [-0.2, 0) is 19.9 Å². The number of methoxy groups -OCH3 is 1. The molecule has 5 saturated carbocycles. The van der Waals surface area contributed by atoms with Crippen molar-refractivity contribution >= 4 is 39.7 Å². The monoisotopic (exact) mass is 507 g/mol. The summed E-state index contributed by atoms with van der Waals surface area (Å²) in [5.41, 5.74) is 0.849. The third-order valence-electron chi connectivity index (χ3n) is 9.32. The quantitative estimate of drug-likeness (QED) is 0.396. The Kier molecular flexibility index (Phi) is 5.13. The maximum atomic E-state index is 13.0. The van der Waals surface area contributed by atoms with Crippen LogP contribution in [0.1, 0.15) is 64.2 Å². The molecule has 8 rings (SSSR count). The van der Waals surface area contributed by atoms with E-state index in [9.17, 15) is 14.7 Å². The Balaban J connectivity index is 1.21. The van der Waals surface area contributed by atoms with Crippen molar-refractivity contribution in [1.29, 1.82) is 0 Å². The van der Waals surface area contributed by atoms with Crippen molar-refractivity contribution in [1.82, 2.24) is 30.3 Å². The largest absolute Gasteiger partial charge is 0.390 e. The van der Waals surface area contributed by atoms with Crippen LogP contribution in [0.2, 0.25) is 0 Å². The number of carbonyl (C=O) groups is 2. The van der Waals surface area contributed by atoms with Gasteiger partial charge in [-0.05, 0) is 75.7 Å². The van der Waals surface area contributed by atoms with Crippen LogP contribution >= 0.6 is 0 Å². The Morgan fingerprint density at radius 2 is 1.86 bits per heavy atom. The highest BCUT2D eigenvalue weighted by molar-refractivity contribution is 6.40. The number of carbonyl (C=O) groups excluding carboxylic acids is 2. The van der Waals surface area contributed by atoms with Crippen LogP contribution in [0.5, 0.6) is 0 Å². The van der Waals surface area contributed by atoms with E-state index in [1.165, 1.54) is 0 Å². The Labute approximate surface area is 213 Å². The van der Waals surface area contributed by atoms with Gasteiger partial charge in [-0.3, -0.25) is 19.6 Å². The van der Waals surface area contributed by atoms with Crippen molar-refractivity contribution in [3.63, 3.8) is 0 Å². The van der Waals surface area contributed by atoms with Crippen molar-refractivity contribution in [2.24, 2.45) is 11.8 Å².